The van der Waals surface area contributed by atoms with Gasteiger partial charge in [0.05, 0.1) is 30.8 Å². The minimum absolute atomic E-state index is 0.0339. The molecule has 0 aliphatic carbocycles. The number of fused-ring (bicyclic) bond motifs is 3. The van der Waals surface area contributed by atoms with Crippen LogP contribution < -0.4 is 10.5 Å². The number of aliphatic hydroxyl groups is 1. The Balaban J connectivity index is 1.55. The van der Waals surface area contributed by atoms with Crippen LogP contribution in [-0.2, 0) is 38.6 Å². The maximum Gasteiger partial charge on any atom is 0.344 e. The Labute approximate surface area is 263 Å². The SMILES string of the molecule is CCN(CC)CC(=O)N(CCCn1c(CCOC)nc2c(N)nc3ccccc3c21)Cc1cccc(OCC(=O)OCCO)c1. The van der Waals surface area contributed by atoms with Gasteiger partial charge in [0.15, 0.2) is 12.4 Å². The number of pyridine rings is 1. The molecular weight excluding hydrogens is 576 g/mol. The van der Waals surface area contributed by atoms with Crippen LogP contribution in [0.1, 0.15) is 31.7 Å². The van der Waals surface area contributed by atoms with Crippen molar-refractivity contribution in [3.63, 3.8) is 0 Å². The van der Waals surface area contributed by atoms with Gasteiger partial charge in [-0.15, -0.1) is 0 Å². The molecule has 12 nitrogen and oxygen atoms in total. The average molecular weight is 621 g/mol. The van der Waals surface area contributed by atoms with Gasteiger partial charge in [0.2, 0.25) is 5.91 Å². The minimum Gasteiger partial charge on any atom is -0.482 e. The number of benzene rings is 2. The Morgan fingerprint density at radius 2 is 1.84 bits per heavy atom. The van der Waals surface area contributed by atoms with Gasteiger partial charge in [-0.25, -0.2) is 14.8 Å². The fraction of sp³-hybridized carbons (Fsp3) is 0.455. The molecule has 2 aromatic carbocycles. The zero-order valence-electron chi connectivity index (χ0n) is 26.4. The second-order valence-electron chi connectivity index (χ2n) is 10.6. The number of aliphatic hydroxyl groups excluding tert-OH is 1. The molecule has 0 aliphatic heterocycles. The molecule has 0 unspecified atom stereocenters. The summed E-state index contributed by atoms with van der Waals surface area (Å²) in [6.07, 6.45) is 1.29. The first kappa shape index (κ1) is 33.6. The van der Waals surface area contributed by atoms with Gasteiger partial charge in [0, 0.05) is 38.6 Å². The fourth-order valence-electron chi connectivity index (χ4n) is 5.28. The molecule has 3 N–H and O–H groups in total. The maximum absolute atomic E-state index is 13.6. The van der Waals surface area contributed by atoms with Crippen molar-refractivity contribution in [1.29, 1.82) is 0 Å². The molecular formula is C33H44N6O6. The number of amides is 1. The van der Waals surface area contributed by atoms with Crippen molar-refractivity contribution in [3.05, 3.63) is 59.9 Å². The molecule has 4 rings (SSSR count). The van der Waals surface area contributed by atoms with Gasteiger partial charge in [-0.1, -0.05) is 44.2 Å². The number of hydrogen-bond donors (Lipinski definition) is 2. The van der Waals surface area contributed by atoms with Crippen molar-refractivity contribution in [3.8, 4) is 5.75 Å². The number of nitrogens with two attached hydrogens (primary N) is 1. The summed E-state index contributed by atoms with van der Waals surface area (Å²) in [7, 11) is 1.67. The van der Waals surface area contributed by atoms with Crippen LogP contribution in [-0.4, -0.2) is 101 Å². The van der Waals surface area contributed by atoms with Crippen molar-refractivity contribution in [2.75, 3.05) is 65.5 Å². The molecule has 0 spiro atoms. The molecule has 0 saturated heterocycles. The average Bonchev–Trinajstić information content (AvgIpc) is 3.43. The lowest BCUT2D eigenvalue weighted by Gasteiger charge is -2.27. The molecule has 242 valence electrons. The number of aromatic nitrogens is 3. The molecule has 0 aliphatic rings. The number of carbonyl (C=O) groups is 2. The van der Waals surface area contributed by atoms with Crippen molar-refractivity contribution in [2.24, 2.45) is 0 Å². The predicted molar refractivity (Wildman–Crippen MR) is 173 cm³/mol. The maximum atomic E-state index is 13.6. The van der Waals surface area contributed by atoms with E-state index in [2.05, 4.69) is 14.5 Å². The summed E-state index contributed by atoms with van der Waals surface area (Å²) >= 11 is 0. The van der Waals surface area contributed by atoms with Crippen LogP contribution in [0.5, 0.6) is 5.75 Å². The topological polar surface area (TPSA) is 145 Å². The van der Waals surface area contributed by atoms with E-state index in [4.69, 9.17) is 30.0 Å². The minimum atomic E-state index is -0.562. The second kappa shape index (κ2) is 16.7. The third kappa shape index (κ3) is 8.90. The number of esters is 1. The van der Waals surface area contributed by atoms with Crippen LogP contribution in [0, 0.1) is 0 Å². The van der Waals surface area contributed by atoms with E-state index in [1.54, 1.807) is 13.2 Å². The molecule has 0 radical (unpaired) electrons. The van der Waals surface area contributed by atoms with Gasteiger partial charge in [-0.3, -0.25) is 9.69 Å². The molecule has 0 bridgehead atoms. The molecule has 12 heteroatoms. The quantitative estimate of drug-likeness (QED) is 0.159. The van der Waals surface area contributed by atoms with E-state index in [9.17, 15) is 9.59 Å². The number of aryl methyl sites for hydroxylation is 1. The Morgan fingerprint density at radius 1 is 1.04 bits per heavy atom. The highest BCUT2D eigenvalue weighted by atomic mass is 16.6. The van der Waals surface area contributed by atoms with Crippen LogP contribution in [0.25, 0.3) is 21.9 Å². The van der Waals surface area contributed by atoms with E-state index < -0.39 is 5.97 Å². The third-order valence-corrected chi connectivity index (χ3v) is 7.62. The summed E-state index contributed by atoms with van der Waals surface area (Å²) in [5.74, 6) is 1.22. The third-order valence-electron chi connectivity index (χ3n) is 7.62. The summed E-state index contributed by atoms with van der Waals surface area (Å²) in [6.45, 7) is 7.41. The van der Waals surface area contributed by atoms with E-state index in [-0.39, 0.29) is 25.7 Å². The van der Waals surface area contributed by atoms with Crippen LogP contribution >= 0.6 is 0 Å². The standard InChI is InChI=1S/C33H44N6O6/c1-4-37(5-2)22-29(41)38(21-24-10-8-11-25(20-24)45-23-30(42)44-19-17-40)15-9-16-39-28(14-18-43-3)36-31-32(39)26-12-6-7-13-27(26)35-33(31)34/h6-8,10-13,20,40H,4-5,9,14-19,21-23H2,1-3H3,(H2,34,35). The monoisotopic (exact) mass is 620 g/mol. The summed E-state index contributed by atoms with van der Waals surface area (Å²) in [5.41, 5.74) is 9.65. The van der Waals surface area contributed by atoms with Gasteiger partial charge >= 0.3 is 5.97 Å². The number of imidazole rings is 1. The smallest absolute Gasteiger partial charge is 0.344 e. The molecule has 0 saturated carbocycles. The number of ether oxygens (including phenoxy) is 3. The van der Waals surface area contributed by atoms with Crippen molar-refractivity contribution in [1.82, 2.24) is 24.3 Å². The van der Waals surface area contributed by atoms with Crippen LogP contribution in [0.4, 0.5) is 5.82 Å². The summed E-state index contributed by atoms with van der Waals surface area (Å²) in [6, 6.07) is 15.2. The number of likely N-dealkylation sites (N-methyl/N-ethyl adjacent to an activating group) is 1. The van der Waals surface area contributed by atoms with Gasteiger partial charge in [0.1, 0.15) is 23.7 Å². The zero-order valence-corrected chi connectivity index (χ0v) is 26.4. The lowest BCUT2D eigenvalue weighted by Crippen LogP contribution is -2.40. The molecule has 45 heavy (non-hydrogen) atoms. The lowest BCUT2D eigenvalue weighted by molar-refractivity contribution is -0.147. The molecule has 2 heterocycles. The fourth-order valence-corrected chi connectivity index (χ4v) is 5.28. The molecule has 4 aromatic rings. The summed E-state index contributed by atoms with van der Waals surface area (Å²) in [5, 5.41) is 9.82. The lowest BCUT2D eigenvalue weighted by atomic mass is 10.1. The van der Waals surface area contributed by atoms with Gasteiger partial charge in [0.25, 0.3) is 0 Å². The van der Waals surface area contributed by atoms with Crippen LogP contribution in [0.2, 0.25) is 0 Å². The predicted octanol–water partition coefficient (Wildman–Crippen LogP) is 3.03. The highest BCUT2D eigenvalue weighted by Gasteiger charge is 2.20. The first-order valence-corrected chi connectivity index (χ1v) is 15.4. The number of para-hydroxylation sites is 1. The number of anilines is 1. The van der Waals surface area contributed by atoms with E-state index in [0.29, 0.717) is 62.7 Å². The highest BCUT2D eigenvalue weighted by molar-refractivity contribution is 6.06. The number of hydrogen-bond acceptors (Lipinski definition) is 10. The first-order valence-electron chi connectivity index (χ1n) is 15.4. The number of nitrogen functional groups attached to an aromatic ring is 1. The van der Waals surface area contributed by atoms with Gasteiger partial charge < -0.3 is 34.5 Å². The summed E-state index contributed by atoms with van der Waals surface area (Å²) < 4.78 is 18.0. The zero-order chi connectivity index (χ0) is 32.2. The van der Waals surface area contributed by atoms with Crippen molar-refractivity contribution < 1.29 is 28.9 Å². The Bertz CT molecular complexity index is 1570. The van der Waals surface area contributed by atoms with E-state index in [1.165, 1.54) is 0 Å². The van der Waals surface area contributed by atoms with E-state index >= 15 is 0 Å². The van der Waals surface area contributed by atoms with E-state index in [1.807, 2.05) is 61.2 Å². The number of rotatable bonds is 18. The van der Waals surface area contributed by atoms with Gasteiger partial charge in [-0.2, -0.15) is 0 Å². The largest absolute Gasteiger partial charge is 0.482 e. The van der Waals surface area contributed by atoms with E-state index in [0.717, 1.165) is 40.9 Å². The van der Waals surface area contributed by atoms with Crippen LogP contribution in [0.15, 0.2) is 48.5 Å². The number of methoxy groups -OCH3 is 1. The normalized spacial score (nSPS) is 11.4. The van der Waals surface area contributed by atoms with Crippen LogP contribution in [0.3, 0.4) is 0 Å². The second-order valence-corrected chi connectivity index (χ2v) is 10.6. The summed E-state index contributed by atoms with van der Waals surface area (Å²) in [4.78, 5) is 38.8. The first-order chi connectivity index (χ1) is 21.9. The molecule has 1 amide bonds. The molecule has 2 aromatic heterocycles. The molecule has 0 fully saturated rings. The van der Waals surface area contributed by atoms with Gasteiger partial charge in [-0.05, 0) is 43.3 Å². The molecule has 0 atom stereocenters. The number of carbonyl (C=O) groups excluding carboxylic acids is 2. The van der Waals surface area contributed by atoms with Crippen molar-refractivity contribution >= 4 is 39.6 Å². The van der Waals surface area contributed by atoms with Crippen molar-refractivity contribution in [2.45, 2.75) is 39.8 Å². The Morgan fingerprint density at radius 3 is 2.60 bits per heavy atom. The Hall–Kier alpha value is -4.26. The Kier molecular flexibility index (Phi) is 12.5. The number of nitrogens with zero attached hydrogens (tertiary/aromatic N) is 5. The highest BCUT2D eigenvalue weighted by Crippen LogP contribution is 2.29.